The zero-order chi connectivity index (χ0) is 18.9. The van der Waals surface area contributed by atoms with Gasteiger partial charge in [-0.3, -0.25) is 14.5 Å². The van der Waals surface area contributed by atoms with Crippen molar-refractivity contribution in [3.8, 4) is 0 Å². The summed E-state index contributed by atoms with van der Waals surface area (Å²) in [5.74, 6) is -1.27. The molecule has 2 aliphatic rings. The van der Waals surface area contributed by atoms with Gasteiger partial charge in [0.25, 0.3) is 5.91 Å². The minimum absolute atomic E-state index is 0.326. The maximum atomic E-state index is 12.6. The molecule has 3 rings (SSSR count). The van der Waals surface area contributed by atoms with Crippen LogP contribution in [-0.2, 0) is 14.3 Å². The molecule has 2 N–H and O–H groups in total. The number of hydrogen-bond acceptors (Lipinski definition) is 5. The molecule has 0 bridgehead atoms. The maximum absolute atomic E-state index is 12.6. The van der Waals surface area contributed by atoms with Gasteiger partial charge in [-0.15, -0.1) is 0 Å². The number of rotatable bonds is 4. The molecular weight excluding hydrogens is 338 g/mol. The minimum atomic E-state index is -0.824. The summed E-state index contributed by atoms with van der Waals surface area (Å²) < 4.78 is 4.66. The van der Waals surface area contributed by atoms with E-state index in [1.165, 1.54) is 13.2 Å². The van der Waals surface area contributed by atoms with Crippen molar-refractivity contribution in [3.63, 3.8) is 0 Å². The number of ether oxygens (including phenoxy) is 1. The van der Waals surface area contributed by atoms with E-state index < -0.39 is 23.4 Å². The summed E-state index contributed by atoms with van der Waals surface area (Å²) in [6, 6.07) is 4.20. The Hall–Kier alpha value is -2.90. The van der Waals surface area contributed by atoms with Gasteiger partial charge in [0.05, 0.1) is 12.7 Å². The van der Waals surface area contributed by atoms with Gasteiger partial charge in [-0.1, -0.05) is 12.8 Å². The van der Waals surface area contributed by atoms with Crippen molar-refractivity contribution in [2.24, 2.45) is 0 Å². The molecule has 1 saturated carbocycles. The zero-order valence-electron chi connectivity index (χ0n) is 14.8. The average molecular weight is 359 g/mol. The minimum Gasteiger partial charge on any atom is -0.465 e. The van der Waals surface area contributed by atoms with Gasteiger partial charge < -0.3 is 15.4 Å². The summed E-state index contributed by atoms with van der Waals surface area (Å²) in [6.07, 6.45) is 3.00. The van der Waals surface area contributed by atoms with Gasteiger partial charge in [0.15, 0.2) is 0 Å². The van der Waals surface area contributed by atoms with Crippen LogP contribution in [0.4, 0.5) is 10.5 Å². The summed E-state index contributed by atoms with van der Waals surface area (Å²) in [5.41, 5.74) is 0.728. The summed E-state index contributed by atoms with van der Waals surface area (Å²) in [7, 11) is 1.29. The number of esters is 1. The van der Waals surface area contributed by atoms with Crippen LogP contribution in [-0.4, -0.2) is 47.9 Å². The first kappa shape index (κ1) is 17.9. The van der Waals surface area contributed by atoms with E-state index in [1.807, 2.05) is 0 Å². The van der Waals surface area contributed by atoms with Gasteiger partial charge in [0.2, 0.25) is 5.91 Å². The lowest BCUT2D eigenvalue weighted by atomic mass is 9.98. The first-order chi connectivity index (χ1) is 12.4. The Kier molecular flexibility index (Phi) is 4.67. The second-order valence-corrected chi connectivity index (χ2v) is 6.68. The van der Waals surface area contributed by atoms with Crippen molar-refractivity contribution in [3.05, 3.63) is 29.3 Å². The fourth-order valence-corrected chi connectivity index (χ4v) is 3.52. The van der Waals surface area contributed by atoms with Crippen LogP contribution in [0.25, 0.3) is 0 Å². The molecule has 0 atom stereocenters. The maximum Gasteiger partial charge on any atom is 0.337 e. The Morgan fingerprint density at radius 3 is 2.58 bits per heavy atom. The largest absolute Gasteiger partial charge is 0.465 e. The van der Waals surface area contributed by atoms with E-state index in [-0.39, 0.29) is 12.5 Å². The van der Waals surface area contributed by atoms with Crippen LogP contribution in [0.2, 0.25) is 0 Å². The van der Waals surface area contributed by atoms with Gasteiger partial charge in [-0.2, -0.15) is 0 Å². The van der Waals surface area contributed by atoms with Crippen LogP contribution in [0, 0.1) is 6.92 Å². The Morgan fingerprint density at radius 2 is 1.96 bits per heavy atom. The van der Waals surface area contributed by atoms with Crippen LogP contribution in [0.1, 0.15) is 41.6 Å². The van der Waals surface area contributed by atoms with E-state index in [2.05, 4.69) is 15.4 Å². The molecule has 138 valence electrons. The van der Waals surface area contributed by atoms with Crippen molar-refractivity contribution in [2.75, 3.05) is 19.0 Å². The van der Waals surface area contributed by atoms with Gasteiger partial charge in [0, 0.05) is 5.69 Å². The van der Waals surface area contributed by atoms with Gasteiger partial charge in [-0.05, 0) is 43.5 Å². The van der Waals surface area contributed by atoms with E-state index in [9.17, 15) is 19.2 Å². The summed E-state index contributed by atoms with van der Waals surface area (Å²) in [5, 5.41) is 5.42. The third-order valence-corrected chi connectivity index (χ3v) is 4.93. The third kappa shape index (κ3) is 3.14. The highest BCUT2D eigenvalue weighted by atomic mass is 16.5. The topological polar surface area (TPSA) is 105 Å². The van der Waals surface area contributed by atoms with E-state index in [0.717, 1.165) is 17.7 Å². The second kappa shape index (κ2) is 6.78. The van der Waals surface area contributed by atoms with Gasteiger partial charge in [-0.25, -0.2) is 9.59 Å². The Labute approximate surface area is 150 Å². The lowest BCUT2D eigenvalue weighted by Crippen LogP contribution is -2.44. The Morgan fingerprint density at radius 1 is 1.27 bits per heavy atom. The SMILES string of the molecule is COC(=O)c1ccc(NC(=O)CN2C(=O)NC3(CCCC3)C2=O)c(C)c1. The normalized spacial score (nSPS) is 18.2. The number of aryl methyl sites for hydroxylation is 1. The molecule has 4 amide bonds. The first-order valence-corrected chi connectivity index (χ1v) is 8.49. The Balaban J connectivity index is 1.67. The number of urea groups is 1. The summed E-state index contributed by atoms with van der Waals surface area (Å²) in [4.78, 5) is 49.5. The van der Waals surface area contributed by atoms with Gasteiger partial charge in [0.1, 0.15) is 12.1 Å². The average Bonchev–Trinajstić information content (AvgIpc) is 3.17. The molecule has 8 nitrogen and oxygen atoms in total. The fraction of sp³-hybridized carbons (Fsp3) is 0.444. The number of hydrogen-bond donors (Lipinski definition) is 2. The van der Waals surface area contributed by atoms with Crippen molar-refractivity contribution in [2.45, 2.75) is 38.1 Å². The quantitative estimate of drug-likeness (QED) is 0.627. The molecule has 0 aromatic heterocycles. The lowest BCUT2D eigenvalue weighted by molar-refractivity contribution is -0.133. The number of carbonyl (C=O) groups is 4. The number of nitrogens with zero attached hydrogens (tertiary/aromatic N) is 1. The Bertz CT molecular complexity index is 783. The molecular formula is C18H21N3O5. The number of amides is 4. The van der Waals surface area contributed by atoms with Crippen molar-refractivity contribution >= 4 is 29.5 Å². The number of benzene rings is 1. The monoisotopic (exact) mass is 359 g/mol. The highest BCUT2D eigenvalue weighted by Gasteiger charge is 2.52. The molecule has 0 radical (unpaired) electrons. The number of imide groups is 1. The molecule has 0 unspecified atom stereocenters. The highest BCUT2D eigenvalue weighted by molar-refractivity contribution is 6.10. The van der Waals surface area contributed by atoms with Crippen LogP contribution < -0.4 is 10.6 Å². The van der Waals surface area contributed by atoms with Crippen LogP contribution in [0.15, 0.2) is 18.2 Å². The van der Waals surface area contributed by atoms with Crippen molar-refractivity contribution in [1.29, 1.82) is 0 Å². The number of methoxy groups -OCH3 is 1. The van der Waals surface area contributed by atoms with Crippen LogP contribution in [0.5, 0.6) is 0 Å². The third-order valence-electron chi connectivity index (χ3n) is 4.93. The first-order valence-electron chi connectivity index (χ1n) is 8.49. The molecule has 1 aromatic rings. The molecule has 1 aromatic carbocycles. The zero-order valence-corrected chi connectivity index (χ0v) is 14.8. The molecule has 1 aliphatic heterocycles. The summed E-state index contributed by atoms with van der Waals surface area (Å²) >= 11 is 0. The summed E-state index contributed by atoms with van der Waals surface area (Å²) in [6.45, 7) is 1.40. The van der Waals surface area contributed by atoms with Crippen LogP contribution in [0.3, 0.4) is 0 Å². The molecule has 8 heteroatoms. The standard InChI is InChI=1S/C18H21N3O5/c1-11-9-12(15(23)26-2)5-6-13(11)19-14(22)10-21-16(24)18(20-17(21)25)7-3-4-8-18/h5-6,9H,3-4,7-8,10H2,1-2H3,(H,19,22)(H,20,25). The predicted octanol–water partition coefficient (Wildman–Crippen LogP) is 1.58. The smallest absolute Gasteiger partial charge is 0.337 e. The molecule has 26 heavy (non-hydrogen) atoms. The number of nitrogens with one attached hydrogen (secondary N) is 2. The van der Waals surface area contributed by atoms with Crippen molar-refractivity contribution in [1.82, 2.24) is 10.2 Å². The highest BCUT2D eigenvalue weighted by Crippen LogP contribution is 2.34. The molecule has 2 fully saturated rings. The molecule has 1 spiro atoms. The van der Waals surface area contributed by atoms with E-state index in [1.54, 1.807) is 19.1 Å². The van der Waals surface area contributed by atoms with Crippen molar-refractivity contribution < 1.29 is 23.9 Å². The van der Waals surface area contributed by atoms with Gasteiger partial charge >= 0.3 is 12.0 Å². The van der Waals surface area contributed by atoms with E-state index in [0.29, 0.717) is 29.7 Å². The predicted molar refractivity (Wildman–Crippen MR) is 92.6 cm³/mol. The molecule has 1 saturated heterocycles. The molecule has 1 heterocycles. The van der Waals surface area contributed by atoms with E-state index in [4.69, 9.17) is 0 Å². The second-order valence-electron chi connectivity index (χ2n) is 6.68. The number of carbonyl (C=O) groups excluding carboxylic acids is 4. The number of anilines is 1. The van der Waals surface area contributed by atoms with Crippen LogP contribution >= 0.6 is 0 Å². The molecule has 1 aliphatic carbocycles. The lowest BCUT2D eigenvalue weighted by Gasteiger charge is -2.20. The van der Waals surface area contributed by atoms with E-state index >= 15 is 0 Å². The fourth-order valence-electron chi connectivity index (χ4n) is 3.52.